The molecule has 7 heteroatoms. The van der Waals surface area contributed by atoms with E-state index in [2.05, 4.69) is 10.6 Å². The highest BCUT2D eigenvalue weighted by molar-refractivity contribution is 5.97. The molecule has 0 aromatic heterocycles. The van der Waals surface area contributed by atoms with Gasteiger partial charge in [-0.25, -0.2) is 0 Å². The Morgan fingerprint density at radius 3 is 2.65 bits per heavy atom. The van der Waals surface area contributed by atoms with Crippen LogP contribution in [0.25, 0.3) is 0 Å². The predicted octanol–water partition coefficient (Wildman–Crippen LogP) is -0.230. The Labute approximate surface area is 117 Å². The summed E-state index contributed by atoms with van der Waals surface area (Å²) >= 11 is 0. The zero-order chi connectivity index (χ0) is 15.0. The highest BCUT2D eigenvalue weighted by atomic mass is 16.5. The molecule has 20 heavy (non-hydrogen) atoms. The third-order valence-electron chi connectivity index (χ3n) is 2.53. The fourth-order valence-corrected chi connectivity index (χ4v) is 1.47. The average Bonchev–Trinajstić information content (AvgIpc) is 2.45. The lowest BCUT2D eigenvalue weighted by atomic mass is 10.2. The van der Waals surface area contributed by atoms with Gasteiger partial charge in [0.25, 0.3) is 5.91 Å². The molecule has 0 heterocycles. The van der Waals surface area contributed by atoms with Crippen LogP contribution >= 0.6 is 0 Å². The van der Waals surface area contributed by atoms with Gasteiger partial charge >= 0.3 is 0 Å². The van der Waals surface area contributed by atoms with Gasteiger partial charge in [0.05, 0.1) is 25.9 Å². The van der Waals surface area contributed by atoms with Gasteiger partial charge in [-0.05, 0) is 18.2 Å². The summed E-state index contributed by atoms with van der Waals surface area (Å²) in [6.45, 7) is 0.727. The van der Waals surface area contributed by atoms with Crippen molar-refractivity contribution in [3.63, 3.8) is 0 Å². The van der Waals surface area contributed by atoms with E-state index in [-0.39, 0.29) is 18.4 Å². The van der Waals surface area contributed by atoms with Crippen LogP contribution in [0.15, 0.2) is 18.2 Å². The molecule has 7 nitrogen and oxygen atoms in total. The number of carbonyl (C=O) groups is 2. The number of rotatable bonds is 7. The van der Waals surface area contributed by atoms with Crippen LogP contribution in [0.2, 0.25) is 0 Å². The van der Waals surface area contributed by atoms with E-state index in [1.54, 1.807) is 19.2 Å². The number of nitrogens with one attached hydrogen (secondary N) is 2. The lowest BCUT2D eigenvalue weighted by Gasteiger charge is -2.09. The maximum absolute atomic E-state index is 11.8. The van der Waals surface area contributed by atoms with E-state index in [1.807, 2.05) is 0 Å². The monoisotopic (exact) mass is 281 g/mol. The van der Waals surface area contributed by atoms with Crippen molar-refractivity contribution in [1.82, 2.24) is 10.6 Å². The molecule has 0 aliphatic carbocycles. The van der Waals surface area contributed by atoms with Gasteiger partial charge in [0, 0.05) is 19.2 Å². The number of benzene rings is 1. The molecule has 4 N–H and O–H groups in total. The molecule has 0 aliphatic heterocycles. The molecule has 0 fully saturated rings. The standard InChI is InChI=1S/C13H19N3O4/c1-19-6-5-15-12(17)8-16-13(18)9-3-4-10(14)11(7-9)20-2/h3-4,7H,5-6,8,14H2,1-2H3,(H,15,17)(H,16,18). The summed E-state index contributed by atoms with van der Waals surface area (Å²) in [6, 6.07) is 4.66. The molecule has 1 aromatic carbocycles. The van der Waals surface area contributed by atoms with Gasteiger partial charge in [0.1, 0.15) is 5.75 Å². The second kappa shape index (κ2) is 8.00. The zero-order valence-electron chi connectivity index (χ0n) is 11.6. The molecule has 2 amide bonds. The number of amides is 2. The van der Waals surface area contributed by atoms with E-state index < -0.39 is 0 Å². The first-order chi connectivity index (χ1) is 9.58. The van der Waals surface area contributed by atoms with Crippen LogP contribution in [0.5, 0.6) is 5.75 Å². The van der Waals surface area contributed by atoms with E-state index >= 15 is 0 Å². The summed E-state index contributed by atoms with van der Waals surface area (Å²) in [5.74, 6) is -0.231. The van der Waals surface area contributed by atoms with Crippen molar-refractivity contribution in [3.05, 3.63) is 23.8 Å². The SMILES string of the molecule is COCCNC(=O)CNC(=O)c1ccc(N)c(OC)c1. The summed E-state index contributed by atoms with van der Waals surface area (Å²) in [6.07, 6.45) is 0. The molecule has 0 atom stereocenters. The van der Waals surface area contributed by atoms with Crippen molar-refractivity contribution < 1.29 is 19.1 Å². The second-order valence-corrected chi connectivity index (χ2v) is 3.98. The fourth-order valence-electron chi connectivity index (χ4n) is 1.47. The number of nitrogen functional groups attached to an aromatic ring is 1. The van der Waals surface area contributed by atoms with Crippen LogP contribution in [0, 0.1) is 0 Å². The van der Waals surface area contributed by atoms with E-state index in [4.69, 9.17) is 15.2 Å². The molecular formula is C13H19N3O4. The van der Waals surface area contributed by atoms with E-state index in [0.29, 0.717) is 30.2 Å². The van der Waals surface area contributed by atoms with Gasteiger partial charge in [0.15, 0.2) is 0 Å². The first-order valence-corrected chi connectivity index (χ1v) is 6.05. The van der Waals surface area contributed by atoms with Crippen LogP contribution in [-0.4, -0.2) is 45.7 Å². The number of hydrogen-bond acceptors (Lipinski definition) is 5. The Hall–Kier alpha value is -2.28. The molecular weight excluding hydrogens is 262 g/mol. The molecule has 0 bridgehead atoms. The molecule has 0 saturated carbocycles. The molecule has 0 spiro atoms. The number of hydrogen-bond donors (Lipinski definition) is 3. The Bertz CT molecular complexity index is 477. The third kappa shape index (κ3) is 4.77. The van der Waals surface area contributed by atoms with Gasteiger partial charge in [-0.3, -0.25) is 9.59 Å². The summed E-state index contributed by atoms with van der Waals surface area (Å²) < 4.78 is 9.82. The summed E-state index contributed by atoms with van der Waals surface area (Å²) in [7, 11) is 3.01. The second-order valence-electron chi connectivity index (χ2n) is 3.98. The normalized spacial score (nSPS) is 9.90. The maximum Gasteiger partial charge on any atom is 0.251 e. The van der Waals surface area contributed by atoms with Gasteiger partial charge in [-0.1, -0.05) is 0 Å². The minimum Gasteiger partial charge on any atom is -0.495 e. The van der Waals surface area contributed by atoms with Gasteiger partial charge in [0.2, 0.25) is 5.91 Å². The first kappa shape index (κ1) is 15.8. The topological polar surface area (TPSA) is 103 Å². The maximum atomic E-state index is 11.8. The van der Waals surface area contributed by atoms with Crippen molar-refractivity contribution in [2.45, 2.75) is 0 Å². The quantitative estimate of drug-likeness (QED) is 0.473. The Morgan fingerprint density at radius 1 is 1.25 bits per heavy atom. The molecule has 110 valence electrons. The zero-order valence-corrected chi connectivity index (χ0v) is 11.6. The highest BCUT2D eigenvalue weighted by Gasteiger charge is 2.10. The minimum absolute atomic E-state index is 0.102. The number of anilines is 1. The summed E-state index contributed by atoms with van der Waals surface area (Å²) in [5.41, 5.74) is 6.48. The molecule has 1 rings (SSSR count). The number of ether oxygens (including phenoxy) is 2. The largest absolute Gasteiger partial charge is 0.495 e. The van der Waals surface area contributed by atoms with Crippen LogP contribution < -0.4 is 21.1 Å². The molecule has 0 saturated heterocycles. The first-order valence-electron chi connectivity index (χ1n) is 6.05. The Balaban J connectivity index is 2.48. The smallest absolute Gasteiger partial charge is 0.251 e. The molecule has 1 aromatic rings. The summed E-state index contributed by atoms with van der Waals surface area (Å²) in [4.78, 5) is 23.3. The van der Waals surface area contributed by atoms with E-state index in [9.17, 15) is 9.59 Å². The van der Waals surface area contributed by atoms with Crippen molar-refractivity contribution in [2.75, 3.05) is 39.6 Å². The van der Waals surface area contributed by atoms with E-state index in [1.165, 1.54) is 13.2 Å². The van der Waals surface area contributed by atoms with Crippen LogP contribution in [0.1, 0.15) is 10.4 Å². The van der Waals surface area contributed by atoms with Gasteiger partial charge in [-0.2, -0.15) is 0 Å². The molecule has 0 radical (unpaired) electrons. The van der Waals surface area contributed by atoms with Crippen LogP contribution in [0.3, 0.4) is 0 Å². The van der Waals surface area contributed by atoms with Crippen LogP contribution in [-0.2, 0) is 9.53 Å². The lowest BCUT2D eigenvalue weighted by Crippen LogP contribution is -2.38. The number of methoxy groups -OCH3 is 2. The Morgan fingerprint density at radius 2 is 2.00 bits per heavy atom. The number of carbonyl (C=O) groups excluding carboxylic acids is 2. The number of nitrogens with two attached hydrogens (primary N) is 1. The summed E-state index contributed by atoms with van der Waals surface area (Å²) in [5, 5.41) is 5.11. The molecule has 0 unspecified atom stereocenters. The lowest BCUT2D eigenvalue weighted by molar-refractivity contribution is -0.120. The highest BCUT2D eigenvalue weighted by Crippen LogP contribution is 2.21. The van der Waals surface area contributed by atoms with E-state index in [0.717, 1.165) is 0 Å². The van der Waals surface area contributed by atoms with Crippen molar-refractivity contribution >= 4 is 17.5 Å². The Kier molecular flexibility index (Phi) is 6.31. The van der Waals surface area contributed by atoms with Crippen molar-refractivity contribution in [3.8, 4) is 5.75 Å². The predicted molar refractivity (Wildman–Crippen MR) is 74.6 cm³/mol. The van der Waals surface area contributed by atoms with Gasteiger partial charge in [-0.15, -0.1) is 0 Å². The molecule has 0 aliphatic rings. The van der Waals surface area contributed by atoms with Crippen molar-refractivity contribution in [1.29, 1.82) is 0 Å². The fraction of sp³-hybridized carbons (Fsp3) is 0.385. The minimum atomic E-state index is -0.370. The van der Waals surface area contributed by atoms with Crippen molar-refractivity contribution in [2.24, 2.45) is 0 Å². The third-order valence-corrected chi connectivity index (χ3v) is 2.53. The average molecular weight is 281 g/mol. The van der Waals surface area contributed by atoms with Crippen LogP contribution in [0.4, 0.5) is 5.69 Å². The van der Waals surface area contributed by atoms with Gasteiger partial charge < -0.3 is 25.8 Å².